The van der Waals surface area contributed by atoms with Crippen LogP contribution in [0.25, 0.3) is 0 Å². The van der Waals surface area contributed by atoms with Crippen LogP contribution in [-0.2, 0) is 26.2 Å². The van der Waals surface area contributed by atoms with Gasteiger partial charge in [0.1, 0.15) is 12.6 Å². The van der Waals surface area contributed by atoms with E-state index in [1.165, 1.54) is 17.0 Å². The second-order valence-corrected chi connectivity index (χ2v) is 12.9. The largest absolute Gasteiger partial charge is 0.352 e. The molecule has 1 N–H and O–H groups in total. The number of aryl methyl sites for hydroxylation is 1. The van der Waals surface area contributed by atoms with E-state index in [-0.39, 0.29) is 23.4 Å². The molecule has 0 heterocycles. The Morgan fingerprint density at radius 2 is 1.54 bits per heavy atom. The standard InChI is InChI=1S/C30H34Cl3N3O4S/c1-5-21(4)34-30(38)27(6-2)35(18-22-12-13-24(32)17-26(22)33)29(37)19-36(28-15-14-23(31)16-20(28)3)41(39,40)25-10-8-7-9-11-25/h7-17,21,27H,5-6,18-19H2,1-4H3,(H,34,38). The van der Waals surface area contributed by atoms with Crippen molar-refractivity contribution in [2.75, 3.05) is 10.8 Å². The smallest absolute Gasteiger partial charge is 0.264 e. The summed E-state index contributed by atoms with van der Waals surface area (Å²) in [6.07, 6.45) is 1.00. The van der Waals surface area contributed by atoms with Crippen LogP contribution in [0.3, 0.4) is 0 Å². The lowest BCUT2D eigenvalue weighted by molar-refractivity contribution is -0.140. The van der Waals surface area contributed by atoms with Crippen molar-refractivity contribution in [3.05, 3.63) is 92.9 Å². The number of benzene rings is 3. The molecule has 7 nitrogen and oxygen atoms in total. The number of nitrogens with one attached hydrogen (secondary N) is 1. The minimum atomic E-state index is -4.18. The Hall–Kier alpha value is -2.78. The van der Waals surface area contributed by atoms with E-state index in [1.54, 1.807) is 68.4 Å². The molecule has 0 fully saturated rings. The van der Waals surface area contributed by atoms with Gasteiger partial charge in [0.2, 0.25) is 11.8 Å². The van der Waals surface area contributed by atoms with Crippen LogP contribution in [-0.4, -0.2) is 43.8 Å². The van der Waals surface area contributed by atoms with Crippen LogP contribution >= 0.6 is 34.8 Å². The van der Waals surface area contributed by atoms with Gasteiger partial charge in [0.25, 0.3) is 10.0 Å². The number of sulfonamides is 1. The third-order valence-corrected chi connectivity index (χ3v) is 9.38. The maximum absolute atomic E-state index is 14.2. The predicted octanol–water partition coefficient (Wildman–Crippen LogP) is 6.87. The molecule has 0 bridgehead atoms. The van der Waals surface area contributed by atoms with E-state index in [9.17, 15) is 18.0 Å². The van der Waals surface area contributed by atoms with Crippen molar-refractivity contribution in [3.63, 3.8) is 0 Å². The molecule has 0 saturated carbocycles. The normalized spacial score (nSPS) is 12.9. The zero-order valence-electron chi connectivity index (χ0n) is 23.4. The highest BCUT2D eigenvalue weighted by Gasteiger charge is 2.34. The number of rotatable bonds is 12. The van der Waals surface area contributed by atoms with Gasteiger partial charge >= 0.3 is 0 Å². The van der Waals surface area contributed by atoms with E-state index in [1.807, 2.05) is 13.8 Å². The molecule has 3 aromatic rings. The fourth-order valence-electron chi connectivity index (χ4n) is 4.33. The van der Waals surface area contributed by atoms with Gasteiger partial charge in [-0.15, -0.1) is 0 Å². The van der Waals surface area contributed by atoms with Gasteiger partial charge in [-0.1, -0.05) is 72.9 Å². The number of hydrogen-bond donors (Lipinski definition) is 1. The van der Waals surface area contributed by atoms with E-state index < -0.39 is 28.5 Å². The van der Waals surface area contributed by atoms with Crippen LogP contribution in [0.1, 0.15) is 44.7 Å². The molecule has 2 atom stereocenters. The van der Waals surface area contributed by atoms with Crippen molar-refractivity contribution in [1.29, 1.82) is 0 Å². The quantitative estimate of drug-likeness (QED) is 0.235. The molecule has 220 valence electrons. The van der Waals surface area contributed by atoms with Crippen LogP contribution in [0.15, 0.2) is 71.6 Å². The van der Waals surface area contributed by atoms with E-state index in [2.05, 4.69) is 5.32 Å². The third kappa shape index (κ3) is 8.16. The second-order valence-electron chi connectivity index (χ2n) is 9.75. The number of halogens is 3. The molecule has 0 aliphatic heterocycles. The van der Waals surface area contributed by atoms with E-state index >= 15 is 0 Å². The van der Waals surface area contributed by atoms with Gasteiger partial charge in [0, 0.05) is 27.7 Å². The van der Waals surface area contributed by atoms with Gasteiger partial charge in [-0.3, -0.25) is 13.9 Å². The summed E-state index contributed by atoms with van der Waals surface area (Å²) in [7, 11) is -4.18. The van der Waals surface area contributed by atoms with E-state index in [0.717, 1.165) is 4.31 Å². The molecule has 0 aliphatic carbocycles. The maximum Gasteiger partial charge on any atom is 0.264 e. The number of nitrogens with zero attached hydrogens (tertiary/aromatic N) is 2. The molecule has 11 heteroatoms. The van der Waals surface area contributed by atoms with Crippen molar-refractivity contribution >= 4 is 62.3 Å². The molecule has 0 spiro atoms. The lowest BCUT2D eigenvalue weighted by Gasteiger charge is -2.34. The Morgan fingerprint density at radius 3 is 2.12 bits per heavy atom. The van der Waals surface area contributed by atoms with Crippen LogP contribution in [0, 0.1) is 6.92 Å². The predicted molar refractivity (Wildman–Crippen MR) is 166 cm³/mol. The maximum atomic E-state index is 14.2. The van der Waals surface area contributed by atoms with Gasteiger partial charge in [-0.25, -0.2) is 8.42 Å². The average molecular weight is 639 g/mol. The Labute approximate surface area is 257 Å². The lowest BCUT2D eigenvalue weighted by Crippen LogP contribution is -2.53. The van der Waals surface area contributed by atoms with Crippen LogP contribution in [0.4, 0.5) is 5.69 Å². The molecular weight excluding hydrogens is 605 g/mol. The van der Waals surface area contributed by atoms with Crippen molar-refractivity contribution in [1.82, 2.24) is 10.2 Å². The number of carbonyl (C=O) groups excluding carboxylic acids is 2. The average Bonchev–Trinajstić information content (AvgIpc) is 2.93. The summed E-state index contributed by atoms with van der Waals surface area (Å²) in [5, 5.41) is 4.14. The summed E-state index contributed by atoms with van der Waals surface area (Å²) in [5.41, 5.74) is 1.44. The Kier molecular flexibility index (Phi) is 11.5. The first-order chi connectivity index (χ1) is 19.4. The molecule has 2 amide bonds. The number of carbonyl (C=O) groups is 2. The van der Waals surface area contributed by atoms with Gasteiger partial charge < -0.3 is 10.2 Å². The molecule has 41 heavy (non-hydrogen) atoms. The summed E-state index contributed by atoms with van der Waals surface area (Å²) in [6.45, 7) is 6.76. The third-order valence-electron chi connectivity index (χ3n) is 6.78. The van der Waals surface area contributed by atoms with Crippen LogP contribution in [0.5, 0.6) is 0 Å². The van der Waals surface area contributed by atoms with E-state index in [4.69, 9.17) is 34.8 Å². The van der Waals surface area contributed by atoms with E-state index in [0.29, 0.717) is 44.7 Å². The highest BCUT2D eigenvalue weighted by atomic mass is 35.5. The summed E-state index contributed by atoms with van der Waals surface area (Å²) >= 11 is 18.7. The number of anilines is 1. The minimum Gasteiger partial charge on any atom is -0.352 e. The van der Waals surface area contributed by atoms with Gasteiger partial charge in [0.15, 0.2) is 0 Å². The topological polar surface area (TPSA) is 86.8 Å². The van der Waals surface area contributed by atoms with Gasteiger partial charge in [0.05, 0.1) is 10.6 Å². The highest BCUT2D eigenvalue weighted by molar-refractivity contribution is 7.92. The molecule has 0 saturated heterocycles. The van der Waals surface area contributed by atoms with Crippen molar-refractivity contribution < 1.29 is 18.0 Å². The van der Waals surface area contributed by atoms with Crippen LogP contribution in [0.2, 0.25) is 15.1 Å². The second kappa shape index (κ2) is 14.4. The summed E-state index contributed by atoms with van der Waals surface area (Å²) in [4.78, 5) is 29.0. The molecule has 3 rings (SSSR count). The van der Waals surface area contributed by atoms with Gasteiger partial charge in [-0.05, 0) is 80.3 Å². The fraction of sp³-hybridized carbons (Fsp3) is 0.333. The minimum absolute atomic E-state index is 0.0241. The molecule has 3 aromatic carbocycles. The highest BCUT2D eigenvalue weighted by Crippen LogP contribution is 2.30. The van der Waals surface area contributed by atoms with Gasteiger partial charge in [-0.2, -0.15) is 0 Å². The SMILES string of the molecule is CCC(C)NC(=O)C(CC)N(Cc1ccc(Cl)cc1Cl)C(=O)CN(c1ccc(Cl)cc1C)S(=O)(=O)c1ccccc1. The Balaban J connectivity index is 2.11. The van der Waals surface area contributed by atoms with Crippen molar-refractivity contribution in [3.8, 4) is 0 Å². The fourth-order valence-corrected chi connectivity index (χ4v) is 6.52. The number of amides is 2. The first-order valence-electron chi connectivity index (χ1n) is 13.3. The Bertz CT molecular complexity index is 1490. The lowest BCUT2D eigenvalue weighted by atomic mass is 10.1. The first kappa shape index (κ1) is 32.7. The number of hydrogen-bond acceptors (Lipinski definition) is 4. The zero-order chi connectivity index (χ0) is 30.3. The zero-order valence-corrected chi connectivity index (χ0v) is 26.5. The van der Waals surface area contributed by atoms with Crippen molar-refractivity contribution in [2.24, 2.45) is 0 Å². The van der Waals surface area contributed by atoms with Crippen molar-refractivity contribution in [2.45, 2.75) is 64.1 Å². The summed E-state index contributed by atoms with van der Waals surface area (Å²) < 4.78 is 28.9. The Morgan fingerprint density at radius 1 is 0.902 bits per heavy atom. The molecule has 2 unspecified atom stereocenters. The summed E-state index contributed by atoms with van der Waals surface area (Å²) in [6, 6.07) is 16.6. The first-order valence-corrected chi connectivity index (χ1v) is 15.8. The van der Waals surface area contributed by atoms with Crippen LogP contribution < -0.4 is 9.62 Å². The summed E-state index contributed by atoms with van der Waals surface area (Å²) in [5.74, 6) is -0.906. The molecular formula is C30H34Cl3N3O4S. The molecule has 0 aliphatic rings. The monoisotopic (exact) mass is 637 g/mol. The molecule has 0 radical (unpaired) electrons. The molecule has 0 aromatic heterocycles.